The molecule has 0 aromatic rings. The monoisotopic (exact) mass is 428 g/mol. The van der Waals surface area contributed by atoms with Crippen molar-refractivity contribution in [3.05, 3.63) is 23.8 Å². The Balaban J connectivity index is 1.96. The largest absolute Gasteiger partial charge is 0.462 e. The number of fused-ring (bicyclic) bond motifs is 1. The molecule has 0 spiro atoms. The molecule has 168 valence electrons. The maximum atomic E-state index is 13.6. The summed E-state index contributed by atoms with van der Waals surface area (Å²) in [5, 5.41) is 4.62. The second-order valence-corrected chi connectivity index (χ2v) is 8.87. The summed E-state index contributed by atoms with van der Waals surface area (Å²) in [6.45, 7) is -5.55. The Kier molecular flexibility index (Phi) is 4.02. The van der Waals surface area contributed by atoms with E-state index in [2.05, 4.69) is 5.11 Å². The zero-order valence-corrected chi connectivity index (χ0v) is 17.6. The molecule has 3 rings (SSSR count). The predicted octanol–water partition coefficient (Wildman–Crippen LogP) is 4.59. The second kappa shape index (κ2) is 9.25. The molecule has 2 aliphatic carbocycles. The van der Waals surface area contributed by atoms with Crippen molar-refractivity contribution in [2.45, 2.75) is 91.2 Å². The lowest BCUT2D eigenvalue weighted by Crippen LogP contribution is -2.43. The van der Waals surface area contributed by atoms with Crippen LogP contribution >= 0.6 is 0 Å². The van der Waals surface area contributed by atoms with E-state index in [0.717, 1.165) is 0 Å². The highest BCUT2D eigenvalue weighted by Crippen LogP contribution is 2.45. The van der Waals surface area contributed by atoms with Crippen LogP contribution in [0.15, 0.2) is 23.8 Å². The fourth-order valence-corrected chi connectivity index (χ4v) is 4.79. The number of carbonyl (C=O) groups is 2. The third-order valence-electron chi connectivity index (χ3n) is 6.57. The minimum absolute atomic E-state index is 0.00121. The molecule has 0 amide bonds. The molecule has 3 aliphatic rings. The van der Waals surface area contributed by atoms with Gasteiger partial charge in [-0.05, 0) is 62.7 Å². The summed E-state index contributed by atoms with van der Waals surface area (Å²) in [7, 11) is 0. The molecule has 1 aliphatic heterocycles. The Morgan fingerprint density at radius 1 is 1.40 bits per heavy atom. The van der Waals surface area contributed by atoms with E-state index >= 15 is 0 Å². The number of rotatable bonds is 7. The summed E-state index contributed by atoms with van der Waals surface area (Å²) in [5.74, 6) is -3.62. The van der Waals surface area contributed by atoms with Gasteiger partial charge in [0, 0.05) is 24.7 Å². The lowest BCUT2D eigenvalue weighted by molar-refractivity contribution is -0.166. The second-order valence-electron chi connectivity index (χ2n) is 8.87. The highest BCUT2D eigenvalue weighted by atomic mass is 16.6. The molecule has 1 saturated heterocycles. The molecule has 5 heteroatoms. The Morgan fingerprint density at radius 2 is 2.23 bits per heavy atom. The molecule has 7 atom stereocenters. The van der Waals surface area contributed by atoms with Gasteiger partial charge in [0.25, 0.3) is 0 Å². The molecule has 1 N–H and O–H groups in total. The third kappa shape index (κ3) is 5.16. The summed E-state index contributed by atoms with van der Waals surface area (Å²) >= 11 is 0. The van der Waals surface area contributed by atoms with Crippen LogP contribution in [0.2, 0.25) is 0 Å². The number of carbonyl (C=O) groups excluding carboxylic acids is 2. The van der Waals surface area contributed by atoms with Crippen LogP contribution in [0.3, 0.4) is 0 Å². The van der Waals surface area contributed by atoms with Gasteiger partial charge in [0.05, 0.1) is 17.9 Å². The molecule has 0 radical (unpaired) electrons. The molecule has 1 unspecified atom stereocenters. The van der Waals surface area contributed by atoms with Gasteiger partial charge < -0.3 is 14.6 Å². The quantitative estimate of drug-likeness (QED) is 0.601. The van der Waals surface area contributed by atoms with Crippen molar-refractivity contribution in [3.8, 4) is 0 Å². The maximum Gasteiger partial charge on any atom is 0.311 e. The van der Waals surface area contributed by atoms with Crippen molar-refractivity contribution in [2.24, 2.45) is 29.1 Å². The van der Waals surface area contributed by atoms with Gasteiger partial charge in [0.1, 0.15) is 12.2 Å². The Labute approximate surface area is 195 Å². The van der Waals surface area contributed by atoms with Gasteiger partial charge in [-0.3, -0.25) is 9.59 Å². The number of hydrogen-bond acceptors (Lipinski definition) is 5. The summed E-state index contributed by atoms with van der Waals surface area (Å²) < 4.78 is 90.1. The summed E-state index contributed by atoms with van der Waals surface area (Å²) in [5.41, 5.74) is -2.14. The van der Waals surface area contributed by atoms with Crippen molar-refractivity contribution in [2.75, 3.05) is 0 Å². The van der Waals surface area contributed by atoms with Crippen molar-refractivity contribution in [1.29, 1.82) is 1.43 Å². The molecule has 5 nitrogen and oxygen atoms in total. The minimum Gasteiger partial charge on any atom is -0.462 e. The van der Waals surface area contributed by atoms with Gasteiger partial charge in [-0.15, -0.1) is 0 Å². The van der Waals surface area contributed by atoms with Crippen molar-refractivity contribution >= 4 is 11.9 Å². The number of hydrogen-bond donors (Lipinski definition) is 1. The highest BCUT2D eigenvalue weighted by Gasteiger charge is 2.43. The van der Waals surface area contributed by atoms with Gasteiger partial charge >= 0.3 is 11.9 Å². The van der Waals surface area contributed by atoms with Gasteiger partial charge in [-0.25, -0.2) is 0 Å². The summed E-state index contributed by atoms with van der Waals surface area (Å²) in [6, 6.07) is 0. The topological polar surface area (TPSA) is 72.8 Å². The minimum atomic E-state index is -3.19. The first kappa shape index (κ1) is 13.0. The molecule has 0 saturated carbocycles. The predicted molar refractivity (Wildman–Crippen MR) is 115 cm³/mol. The molecule has 0 aromatic heterocycles. The van der Waals surface area contributed by atoms with E-state index in [1.165, 1.54) is 6.92 Å². The van der Waals surface area contributed by atoms with E-state index in [1.54, 1.807) is 12.2 Å². The van der Waals surface area contributed by atoms with Crippen LogP contribution in [-0.4, -0.2) is 36.8 Å². The third-order valence-corrected chi connectivity index (χ3v) is 6.57. The molecule has 0 bridgehead atoms. The fourth-order valence-electron chi connectivity index (χ4n) is 4.79. The number of aliphatic hydroxyl groups is 1. The number of aliphatic hydroxyl groups excluding tert-OH is 1. The number of esters is 2. The van der Waals surface area contributed by atoms with Gasteiger partial charge in [-0.1, -0.05) is 38.9 Å². The van der Waals surface area contributed by atoms with Crippen LogP contribution in [0.25, 0.3) is 0 Å². The number of cyclic esters (lactones) is 1. The summed E-state index contributed by atoms with van der Waals surface area (Å²) in [4.78, 5) is 25.5. The van der Waals surface area contributed by atoms with E-state index in [4.69, 9.17) is 23.2 Å². The van der Waals surface area contributed by atoms with E-state index in [1.807, 2.05) is 13.0 Å². The standard InChI is InChI=1S/C25H38O5/c1-6-25(4,5)24(28)30-21-12-15(2)11-17-8-7-16(3)20(23(17)21)10-9-19-13-18(26)14-22(27)29-19/h7-8,11,15-16,18-21,23,26H,6,9-10,12-14H2,1-5H3/t15-,16-,18+,19?,20-,21-,23-/m0/s1/i2D3,4D3,5D3,26D. The number of allylic oxidation sites excluding steroid dienone is 3. The molecule has 1 heterocycles. The van der Waals surface area contributed by atoms with Crippen LogP contribution in [0, 0.1) is 29.1 Å². The zero-order valence-electron chi connectivity index (χ0n) is 27.6. The SMILES string of the molecule is [2H]O[C@H]1CC(=O)OC(CC[C@@H]2[C@@H]3C(=C[C@H](C([2H])([2H])[2H])C[C@@H]3OC(=O)C(CC)(C([2H])([2H])[2H])C([2H])([2H])[2H])C=C[C@@H]2C)C1. The van der Waals surface area contributed by atoms with Gasteiger partial charge in [-0.2, -0.15) is 0 Å². The van der Waals surface area contributed by atoms with Crippen LogP contribution in [0.4, 0.5) is 0 Å². The lowest BCUT2D eigenvalue weighted by atomic mass is 9.65. The van der Waals surface area contributed by atoms with Gasteiger partial charge in [0.15, 0.2) is 0 Å². The normalized spacial score (nSPS) is 42.7. The van der Waals surface area contributed by atoms with Crippen LogP contribution < -0.4 is 0 Å². The Morgan fingerprint density at radius 3 is 2.93 bits per heavy atom. The van der Waals surface area contributed by atoms with E-state index < -0.39 is 74.5 Å². The van der Waals surface area contributed by atoms with Crippen LogP contribution in [0.1, 0.15) is 85.3 Å². The molecular weight excluding hydrogens is 380 g/mol. The molecule has 30 heavy (non-hydrogen) atoms. The van der Waals surface area contributed by atoms with Crippen molar-refractivity contribution < 1.29 is 36.5 Å². The Hall–Kier alpha value is -1.62. The fraction of sp³-hybridized carbons (Fsp3) is 0.760. The van der Waals surface area contributed by atoms with Crippen LogP contribution in [0.5, 0.6) is 0 Å². The number of ether oxygens (including phenoxy) is 2. The van der Waals surface area contributed by atoms with Crippen molar-refractivity contribution in [3.63, 3.8) is 0 Å². The highest BCUT2D eigenvalue weighted by molar-refractivity contribution is 5.76. The first-order valence-electron chi connectivity index (χ1n) is 15.7. The molecule has 0 aromatic carbocycles. The molecular formula is C25H38O5. The van der Waals surface area contributed by atoms with Gasteiger partial charge in [0.2, 0.25) is 1.43 Å². The smallest absolute Gasteiger partial charge is 0.311 e. The maximum absolute atomic E-state index is 13.6. The first-order valence-corrected chi connectivity index (χ1v) is 10.8. The average molecular weight is 429 g/mol. The lowest BCUT2D eigenvalue weighted by Gasteiger charge is -2.44. The van der Waals surface area contributed by atoms with E-state index in [9.17, 15) is 9.59 Å². The van der Waals surface area contributed by atoms with E-state index in [0.29, 0.717) is 24.8 Å². The van der Waals surface area contributed by atoms with Crippen molar-refractivity contribution in [1.82, 2.24) is 0 Å². The first-order chi connectivity index (χ1) is 18.4. The summed E-state index contributed by atoms with van der Waals surface area (Å²) in [6.07, 6.45) is 3.84. The average Bonchev–Trinajstić information content (AvgIpc) is 2.81. The van der Waals surface area contributed by atoms with E-state index in [-0.39, 0.29) is 24.7 Å². The van der Waals surface area contributed by atoms with Crippen LogP contribution in [-0.2, 0) is 19.1 Å². The zero-order chi connectivity index (χ0) is 30.3. The molecule has 1 fully saturated rings. The Bertz CT molecular complexity index is 985.